The lowest BCUT2D eigenvalue weighted by Gasteiger charge is -2.22. The summed E-state index contributed by atoms with van der Waals surface area (Å²) in [7, 11) is 0. The molecule has 0 spiro atoms. The Morgan fingerprint density at radius 1 is 1.33 bits per heavy atom. The molecular weight excluding hydrogens is 266 g/mol. The number of aromatic nitrogens is 3. The van der Waals surface area contributed by atoms with Crippen LogP contribution in [-0.4, -0.2) is 33.9 Å². The maximum Gasteiger partial charge on any atom is 0.272 e. The van der Waals surface area contributed by atoms with Crippen molar-refractivity contribution in [2.75, 3.05) is 18.0 Å². The predicted molar refractivity (Wildman–Crippen MR) is 82.3 cm³/mol. The fraction of sp³-hybridized carbons (Fsp3) is 0.400. The first-order chi connectivity index (χ1) is 10.2. The van der Waals surface area contributed by atoms with Crippen molar-refractivity contribution >= 4 is 11.7 Å². The normalized spacial score (nSPS) is 10.4. The summed E-state index contributed by atoms with van der Waals surface area (Å²) >= 11 is 0. The minimum Gasteiger partial charge on any atom is -0.357 e. The Labute approximate surface area is 124 Å². The van der Waals surface area contributed by atoms with Gasteiger partial charge in [0.15, 0.2) is 0 Å². The van der Waals surface area contributed by atoms with Crippen LogP contribution in [0, 0.1) is 6.92 Å². The van der Waals surface area contributed by atoms with Crippen molar-refractivity contribution in [3.8, 4) is 0 Å². The van der Waals surface area contributed by atoms with Gasteiger partial charge in [0.25, 0.3) is 5.91 Å². The molecule has 1 amide bonds. The van der Waals surface area contributed by atoms with Gasteiger partial charge in [-0.15, -0.1) is 0 Å². The quantitative estimate of drug-likeness (QED) is 0.851. The maximum absolute atomic E-state index is 12.1. The Balaban J connectivity index is 2.10. The van der Waals surface area contributed by atoms with Crippen LogP contribution in [-0.2, 0) is 6.54 Å². The molecule has 0 aliphatic heterocycles. The smallest absolute Gasteiger partial charge is 0.272 e. The van der Waals surface area contributed by atoms with E-state index in [9.17, 15) is 4.79 Å². The van der Waals surface area contributed by atoms with Gasteiger partial charge in [-0.1, -0.05) is 6.07 Å². The molecule has 0 saturated heterocycles. The van der Waals surface area contributed by atoms with E-state index in [0.29, 0.717) is 12.2 Å². The van der Waals surface area contributed by atoms with Crippen LogP contribution in [0.4, 0.5) is 5.82 Å². The number of H-pyrrole nitrogens is 1. The second-order valence-electron chi connectivity index (χ2n) is 4.72. The lowest BCUT2D eigenvalue weighted by atomic mass is 10.2. The fourth-order valence-corrected chi connectivity index (χ4v) is 2.22. The number of hydrogen-bond acceptors (Lipinski definition) is 4. The molecule has 2 aromatic heterocycles. The van der Waals surface area contributed by atoms with Crippen molar-refractivity contribution in [1.82, 2.24) is 20.3 Å². The first kappa shape index (κ1) is 15.0. The molecule has 2 aromatic rings. The second-order valence-corrected chi connectivity index (χ2v) is 4.72. The first-order valence-electron chi connectivity index (χ1n) is 7.14. The van der Waals surface area contributed by atoms with Gasteiger partial charge in [0.2, 0.25) is 0 Å². The van der Waals surface area contributed by atoms with Crippen LogP contribution >= 0.6 is 0 Å². The lowest BCUT2D eigenvalue weighted by molar-refractivity contribution is 0.0946. The number of anilines is 1. The molecule has 112 valence electrons. The largest absolute Gasteiger partial charge is 0.357 e. The number of imidazole rings is 1. The number of carbonyl (C=O) groups is 1. The molecule has 0 aromatic carbocycles. The van der Waals surface area contributed by atoms with E-state index >= 15 is 0 Å². The third-order valence-electron chi connectivity index (χ3n) is 3.41. The molecule has 0 fully saturated rings. The molecule has 2 heterocycles. The van der Waals surface area contributed by atoms with E-state index in [1.807, 2.05) is 19.1 Å². The van der Waals surface area contributed by atoms with E-state index < -0.39 is 0 Å². The zero-order chi connectivity index (χ0) is 15.2. The third-order valence-corrected chi connectivity index (χ3v) is 3.41. The maximum atomic E-state index is 12.1. The number of aromatic amines is 1. The van der Waals surface area contributed by atoms with Gasteiger partial charge >= 0.3 is 0 Å². The number of nitrogens with one attached hydrogen (secondary N) is 2. The molecule has 0 atom stereocenters. The van der Waals surface area contributed by atoms with Gasteiger partial charge in [-0.05, 0) is 26.8 Å². The zero-order valence-corrected chi connectivity index (χ0v) is 12.7. The average molecular weight is 287 g/mol. The van der Waals surface area contributed by atoms with Gasteiger partial charge in [0, 0.05) is 37.1 Å². The SMILES string of the molecule is CCN(CC)c1ncccc1CNC(=O)c1nc[nH]c1C. The molecule has 2 N–H and O–H groups in total. The summed E-state index contributed by atoms with van der Waals surface area (Å²) in [5.41, 5.74) is 2.20. The summed E-state index contributed by atoms with van der Waals surface area (Å²) in [4.78, 5) is 25.6. The summed E-state index contributed by atoms with van der Waals surface area (Å²) < 4.78 is 0. The Hall–Kier alpha value is -2.37. The number of pyridine rings is 1. The Morgan fingerprint density at radius 2 is 2.10 bits per heavy atom. The van der Waals surface area contributed by atoms with Crippen LogP contribution in [0.1, 0.15) is 35.6 Å². The van der Waals surface area contributed by atoms with Crippen molar-refractivity contribution < 1.29 is 4.79 Å². The van der Waals surface area contributed by atoms with Crippen LogP contribution < -0.4 is 10.2 Å². The summed E-state index contributed by atoms with van der Waals surface area (Å²) in [5.74, 6) is 0.740. The van der Waals surface area contributed by atoms with E-state index in [2.05, 4.69) is 39.0 Å². The standard InChI is InChI=1S/C15H21N5O/c1-4-20(5-2)14-12(7-6-8-16-14)9-17-15(21)13-11(3)18-10-19-13/h6-8,10H,4-5,9H2,1-3H3,(H,17,21)(H,18,19). The molecule has 6 heteroatoms. The number of hydrogen-bond donors (Lipinski definition) is 2. The van der Waals surface area contributed by atoms with E-state index in [4.69, 9.17) is 0 Å². The molecule has 0 aliphatic rings. The monoisotopic (exact) mass is 287 g/mol. The van der Waals surface area contributed by atoms with Crippen molar-refractivity contribution in [2.24, 2.45) is 0 Å². The highest BCUT2D eigenvalue weighted by atomic mass is 16.1. The Bertz CT molecular complexity index is 604. The number of nitrogens with zero attached hydrogens (tertiary/aromatic N) is 3. The van der Waals surface area contributed by atoms with Gasteiger partial charge in [0.05, 0.1) is 6.33 Å². The molecule has 0 unspecified atom stereocenters. The van der Waals surface area contributed by atoms with Gasteiger partial charge in [-0.3, -0.25) is 4.79 Å². The lowest BCUT2D eigenvalue weighted by Crippen LogP contribution is -2.28. The van der Waals surface area contributed by atoms with Crippen LogP contribution in [0.15, 0.2) is 24.7 Å². The highest BCUT2D eigenvalue weighted by Crippen LogP contribution is 2.16. The molecule has 0 radical (unpaired) electrons. The van der Waals surface area contributed by atoms with E-state index in [-0.39, 0.29) is 5.91 Å². The first-order valence-corrected chi connectivity index (χ1v) is 7.14. The van der Waals surface area contributed by atoms with Gasteiger partial charge < -0.3 is 15.2 Å². The van der Waals surface area contributed by atoms with Crippen LogP contribution in [0.2, 0.25) is 0 Å². The summed E-state index contributed by atoms with van der Waals surface area (Å²) in [5, 5.41) is 2.90. The minimum absolute atomic E-state index is 0.178. The van der Waals surface area contributed by atoms with Crippen molar-refractivity contribution in [3.05, 3.63) is 41.6 Å². The molecule has 21 heavy (non-hydrogen) atoms. The summed E-state index contributed by atoms with van der Waals surface area (Å²) in [6.07, 6.45) is 3.30. The highest BCUT2D eigenvalue weighted by molar-refractivity contribution is 5.93. The highest BCUT2D eigenvalue weighted by Gasteiger charge is 2.14. The molecule has 0 aliphatic carbocycles. The van der Waals surface area contributed by atoms with E-state index in [1.165, 1.54) is 6.33 Å². The Kier molecular flexibility index (Phi) is 4.92. The number of rotatable bonds is 6. The van der Waals surface area contributed by atoms with Crippen LogP contribution in [0.3, 0.4) is 0 Å². The molecule has 6 nitrogen and oxygen atoms in total. The van der Waals surface area contributed by atoms with Gasteiger partial charge in [0.1, 0.15) is 11.5 Å². The topological polar surface area (TPSA) is 73.9 Å². The van der Waals surface area contributed by atoms with E-state index in [1.54, 1.807) is 6.20 Å². The predicted octanol–water partition coefficient (Wildman–Crippen LogP) is 1.89. The number of amides is 1. The molecule has 2 rings (SSSR count). The minimum atomic E-state index is -0.178. The third kappa shape index (κ3) is 3.39. The average Bonchev–Trinajstić information content (AvgIpc) is 2.93. The number of aryl methyl sites for hydroxylation is 1. The summed E-state index contributed by atoms with van der Waals surface area (Å²) in [6, 6.07) is 3.87. The van der Waals surface area contributed by atoms with Crippen LogP contribution in [0.25, 0.3) is 0 Å². The number of carbonyl (C=O) groups excluding carboxylic acids is 1. The zero-order valence-electron chi connectivity index (χ0n) is 12.7. The molecule has 0 bridgehead atoms. The Morgan fingerprint density at radius 3 is 2.71 bits per heavy atom. The molecule has 0 saturated carbocycles. The van der Waals surface area contributed by atoms with Crippen molar-refractivity contribution in [2.45, 2.75) is 27.3 Å². The summed E-state index contributed by atoms with van der Waals surface area (Å²) in [6.45, 7) is 8.21. The molecular formula is C15H21N5O. The fourth-order valence-electron chi connectivity index (χ4n) is 2.22. The van der Waals surface area contributed by atoms with Gasteiger partial charge in [-0.2, -0.15) is 0 Å². The van der Waals surface area contributed by atoms with Crippen LogP contribution in [0.5, 0.6) is 0 Å². The second kappa shape index (κ2) is 6.88. The van der Waals surface area contributed by atoms with Crippen molar-refractivity contribution in [1.29, 1.82) is 0 Å². The van der Waals surface area contributed by atoms with Crippen molar-refractivity contribution in [3.63, 3.8) is 0 Å². The van der Waals surface area contributed by atoms with Gasteiger partial charge in [-0.25, -0.2) is 9.97 Å². The van der Waals surface area contributed by atoms with E-state index in [0.717, 1.165) is 30.2 Å².